The number of hydrogen-bond donors (Lipinski definition) is 2. The van der Waals surface area contributed by atoms with Crippen molar-refractivity contribution in [3.63, 3.8) is 0 Å². The smallest absolute Gasteiger partial charge is 0.258 e. The highest BCUT2D eigenvalue weighted by Gasteiger charge is 2.27. The van der Waals surface area contributed by atoms with E-state index >= 15 is 0 Å². The zero-order valence-electron chi connectivity index (χ0n) is 10.9. The number of phenolic OH excluding ortho intramolecular Hbond substituents is 1. The zero-order chi connectivity index (χ0) is 16.9. The Morgan fingerprint density at radius 1 is 0.913 bits per heavy atom. The SMILES string of the molecule is O=c1[nH]cnc2c(O)cc(-c3c(F)c(F)c(F)c(F)c3F)cc12. The Morgan fingerprint density at radius 3 is 2.09 bits per heavy atom. The van der Waals surface area contributed by atoms with Crippen LogP contribution in [0.25, 0.3) is 22.0 Å². The monoisotopic (exact) mass is 328 g/mol. The summed E-state index contributed by atoms with van der Waals surface area (Å²) in [7, 11) is 0. The number of fused-ring (bicyclic) bond motifs is 1. The van der Waals surface area contributed by atoms with Crippen LogP contribution in [0.3, 0.4) is 0 Å². The lowest BCUT2D eigenvalue weighted by Gasteiger charge is -2.10. The third kappa shape index (κ3) is 2.12. The van der Waals surface area contributed by atoms with Crippen molar-refractivity contribution >= 4 is 10.9 Å². The van der Waals surface area contributed by atoms with E-state index in [0.717, 1.165) is 18.5 Å². The van der Waals surface area contributed by atoms with E-state index in [1.165, 1.54) is 0 Å². The molecule has 2 N–H and O–H groups in total. The summed E-state index contributed by atoms with van der Waals surface area (Å²) in [6.07, 6.45) is 0.989. The first-order valence-corrected chi connectivity index (χ1v) is 6.05. The van der Waals surface area contributed by atoms with Gasteiger partial charge in [-0.15, -0.1) is 0 Å². The van der Waals surface area contributed by atoms with Crippen molar-refractivity contribution in [3.05, 3.63) is 57.9 Å². The first-order chi connectivity index (χ1) is 10.8. The number of hydrogen-bond acceptors (Lipinski definition) is 3. The van der Waals surface area contributed by atoms with Gasteiger partial charge in [0.1, 0.15) is 11.3 Å². The minimum atomic E-state index is -2.30. The summed E-state index contributed by atoms with van der Waals surface area (Å²) in [6.45, 7) is 0. The molecular weight excluding hydrogens is 323 g/mol. The largest absolute Gasteiger partial charge is 0.506 e. The first-order valence-electron chi connectivity index (χ1n) is 6.05. The zero-order valence-corrected chi connectivity index (χ0v) is 10.9. The van der Waals surface area contributed by atoms with E-state index in [0.29, 0.717) is 0 Å². The van der Waals surface area contributed by atoms with Crippen molar-refractivity contribution in [2.75, 3.05) is 0 Å². The van der Waals surface area contributed by atoms with E-state index in [2.05, 4.69) is 9.97 Å². The molecule has 0 aliphatic carbocycles. The predicted octanol–water partition coefficient (Wildman–Crippen LogP) is 2.99. The lowest BCUT2D eigenvalue weighted by molar-refractivity contribution is 0.381. The number of aromatic nitrogens is 2. The van der Waals surface area contributed by atoms with Gasteiger partial charge in [0.15, 0.2) is 23.3 Å². The number of aromatic amines is 1. The van der Waals surface area contributed by atoms with Crippen LogP contribution in [0.4, 0.5) is 22.0 Å². The highest BCUT2D eigenvalue weighted by molar-refractivity contribution is 5.88. The number of nitrogens with one attached hydrogen (secondary N) is 1. The molecular formula is C14H5F5N2O2. The topological polar surface area (TPSA) is 66.0 Å². The number of halogens is 5. The van der Waals surface area contributed by atoms with Gasteiger partial charge in [-0.2, -0.15) is 0 Å². The van der Waals surface area contributed by atoms with E-state index in [1.54, 1.807) is 0 Å². The molecule has 0 spiro atoms. The van der Waals surface area contributed by atoms with E-state index in [1.807, 2.05) is 0 Å². The molecule has 0 bridgehead atoms. The molecule has 0 atom stereocenters. The molecule has 1 aromatic heterocycles. The average molecular weight is 328 g/mol. The summed E-state index contributed by atoms with van der Waals surface area (Å²) in [5, 5.41) is 9.52. The van der Waals surface area contributed by atoms with Crippen LogP contribution in [0.15, 0.2) is 23.3 Å². The van der Waals surface area contributed by atoms with Gasteiger partial charge in [0, 0.05) is 0 Å². The molecule has 0 saturated heterocycles. The van der Waals surface area contributed by atoms with Crippen LogP contribution < -0.4 is 5.56 Å². The molecule has 118 valence electrons. The fourth-order valence-electron chi connectivity index (χ4n) is 2.16. The van der Waals surface area contributed by atoms with Crippen LogP contribution in [-0.4, -0.2) is 15.1 Å². The van der Waals surface area contributed by atoms with Crippen LogP contribution in [-0.2, 0) is 0 Å². The lowest BCUT2D eigenvalue weighted by atomic mass is 10.0. The first kappa shape index (κ1) is 14.9. The number of aromatic hydroxyl groups is 1. The van der Waals surface area contributed by atoms with Gasteiger partial charge >= 0.3 is 0 Å². The average Bonchev–Trinajstić information content (AvgIpc) is 2.52. The number of benzene rings is 2. The molecule has 0 aliphatic heterocycles. The van der Waals surface area contributed by atoms with Crippen LogP contribution >= 0.6 is 0 Å². The molecule has 0 unspecified atom stereocenters. The molecule has 0 amide bonds. The van der Waals surface area contributed by atoms with Crippen molar-refractivity contribution in [1.29, 1.82) is 0 Å². The number of phenols is 1. The summed E-state index contributed by atoms with van der Waals surface area (Å²) in [5.41, 5.74) is -2.74. The molecule has 0 radical (unpaired) electrons. The maximum atomic E-state index is 13.8. The number of H-pyrrole nitrogens is 1. The molecule has 0 aliphatic rings. The van der Waals surface area contributed by atoms with Crippen molar-refractivity contribution in [2.24, 2.45) is 0 Å². The quantitative estimate of drug-likeness (QED) is 0.410. The standard InChI is InChI=1S/C14H5F5N2O2/c15-8-7(9(16)11(18)12(19)10(8)17)4-1-5-13(6(22)2-4)20-3-21-14(5)23/h1-3,22H,(H,20,21,23). The minimum Gasteiger partial charge on any atom is -0.506 e. The highest BCUT2D eigenvalue weighted by atomic mass is 19.2. The summed E-state index contributed by atoms with van der Waals surface area (Å²) in [4.78, 5) is 17.5. The second-order valence-electron chi connectivity index (χ2n) is 4.57. The van der Waals surface area contributed by atoms with Crippen molar-refractivity contribution in [3.8, 4) is 16.9 Å². The normalized spacial score (nSPS) is 11.2. The summed E-state index contributed by atoms with van der Waals surface area (Å²) < 4.78 is 67.3. The Hall–Kier alpha value is -2.97. The second kappa shape index (κ2) is 5.04. The minimum absolute atomic E-state index is 0.179. The Bertz CT molecular complexity index is 987. The lowest BCUT2D eigenvalue weighted by Crippen LogP contribution is -2.08. The summed E-state index contributed by atoms with van der Waals surface area (Å²) in [5.74, 6) is -11.3. The van der Waals surface area contributed by atoms with Crippen LogP contribution in [0.2, 0.25) is 0 Å². The van der Waals surface area contributed by atoms with E-state index in [-0.39, 0.29) is 10.9 Å². The Labute approximate surface area is 123 Å². The molecule has 0 fully saturated rings. The second-order valence-corrected chi connectivity index (χ2v) is 4.57. The van der Waals surface area contributed by atoms with Gasteiger partial charge in [0.2, 0.25) is 5.82 Å². The predicted molar refractivity (Wildman–Crippen MR) is 69.3 cm³/mol. The molecule has 4 nitrogen and oxygen atoms in total. The molecule has 0 saturated carbocycles. The number of nitrogens with zero attached hydrogens (tertiary/aromatic N) is 1. The van der Waals surface area contributed by atoms with Gasteiger partial charge in [0.05, 0.1) is 17.3 Å². The molecule has 9 heteroatoms. The van der Waals surface area contributed by atoms with Gasteiger partial charge < -0.3 is 10.1 Å². The van der Waals surface area contributed by atoms with Crippen LogP contribution in [0.5, 0.6) is 5.75 Å². The fourth-order valence-corrected chi connectivity index (χ4v) is 2.16. The van der Waals surface area contributed by atoms with Gasteiger partial charge in [-0.1, -0.05) is 0 Å². The van der Waals surface area contributed by atoms with E-state index < -0.39 is 51.5 Å². The summed E-state index contributed by atoms with van der Waals surface area (Å²) >= 11 is 0. The van der Waals surface area contributed by atoms with Crippen molar-refractivity contribution in [2.45, 2.75) is 0 Å². The fraction of sp³-hybridized carbons (Fsp3) is 0. The maximum absolute atomic E-state index is 13.8. The maximum Gasteiger partial charge on any atom is 0.258 e. The molecule has 23 heavy (non-hydrogen) atoms. The van der Waals surface area contributed by atoms with Gasteiger partial charge in [-0.05, 0) is 17.7 Å². The molecule has 2 aromatic carbocycles. The van der Waals surface area contributed by atoms with E-state index in [4.69, 9.17) is 0 Å². The summed E-state index contributed by atoms with van der Waals surface area (Å²) in [6, 6.07) is 1.63. The van der Waals surface area contributed by atoms with Gasteiger partial charge in [0.25, 0.3) is 5.56 Å². The van der Waals surface area contributed by atoms with Crippen LogP contribution in [0.1, 0.15) is 0 Å². The Kier molecular flexibility index (Phi) is 3.28. The van der Waals surface area contributed by atoms with Crippen LogP contribution in [0, 0.1) is 29.1 Å². The molecule has 3 rings (SSSR count). The molecule has 1 heterocycles. The highest BCUT2D eigenvalue weighted by Crippen LogP contribution is 2.35. The van der Waals surface area contributed by atoms with Gasteiger partial charge in [-0.3, -0.25) is 4.79 Å². The van der Waals surface area contributed by atoms with Gasteiger partial charge in [-0.25, -0.2) is 26.9 Å². The third-order valence-electron chi connectivity index (χ3n) is 3.22. The third-order valence-corrected chi connectivity index (χ3v) is 3.22. The van der Waals surface area contributed by atoms with E-state index in [9.17, 15) is 31.9 Å². The van der Waals surface area contributed by atoms with Crippen molar-refractivity contribution < 1.29 is 27.1 Å². The van der Waals surface area contributed by atoms with Crippen molar-refractivity contribution in [1.82, 2.24) is 9.97 Å². The molecule has 3 aromatic rings. The number of rotatable bonds is 1. The Balaban J connectivity index is 2.43. The Morgan fingerprint density at radius 2 is 1.48 bits per heavy atom.